The van der Waals surface area contributed by atoms with E-state index in [2.05, 4.69) is 5.32 Å². The molecule has 0 radical (unpaired) electrons. The number of esters is 1. The van der Waals surface area contributed by atoms with Crippen molar-refractivity contribution >= 4 is 17.8 Å². The van der Waals surface area contributed by atoms with Gasteiger partial charge in [-0.15, -0.1) is 0 Å². The maximum Gasteiger partial charge on any atom is 0.329 e. The zero-order chi connectivity index (χ0) is 13.5. The van der Waals surface area contributed by atoms with Gasteiger partial charge in [0.05, 0.1) is 6.61 Å². The summed E-state index contributed by atoms with van der Waals surface area (Å²) in [5.74, 6) is -1.80. The Morgan fingerprint density at radius 2 is 1.82 bits per heavy atom. The van der Waals surface area contributed by atoms with E-state index in [0.29, 0.717) is 19.3 Å². The molecule has 0 aliphatic rings. The quantitative estimate of drug-likeness (QED) is 0.508. The van der Waals surface area contributed by atoms with Crippen LogP contribution in [-0.2, 0) is 19.1 Å². The molecule has 1 unspecified atom stereocenters. The topological polar surface area (TPSA) is 92.7 Å². The third-order valence-electron chi connectivity index (χ3n) is 2.30. The summed E-state index contributed by atoms with van der Waals surface area (Å²) in [7, 11) is 0. The molecule has 98 valence electrons. The lowest BCUT2D eigenvalue weighted by Crippen LogP contribution is -2.51. The van der Waals surface area contributed by atoms with Crippen molar-refractivity contribution in [3.05, 3.63) is 0 Å². The Morgan fingerprint density at radius 3 is 2.24 bits per heavy atom. The average molecular weight is 245 g/mol. The van der Waals surface area contributed by atoms with Crippen molar-refractivity contribution in [2.75, 3.05) is 6.61 Å². The predicted octanol–water partition coefficient (Wildman–Crippen LogP) is 0.699. The van der Waals surface area contributed by atoms with Crippen molar-refractivity contribution < 1.29 is 24.2 Å². The number of nitrogens with one attached hydrogen (secondary N) is 1. The van der Waals surface area contributed by atoms with Gasteiger partial charge in [-0.1, -0.05) is 0 Å². The predicted molar refractivity (Wildman–Crippen MR) is 60.3 cm³/mol. The van der Waals surface area contributed by atoms with E-state index >= 15 is 0 Å². The van der Waals surface area contributed by atoms with Crippen LogP contribution >= 0.6 is 0 Å². The smallest absolute Gasteiger partial charge is 0.329 e. The summed E-state index contributed by atoms with van der Waals surface area (Å²) in [5, 5.41) is 11.4. The van der Waals surface area contributed by atoms with E-state index in [9.17, 15) is 14.4 Å². The Balaban J connectivity index is 4.06. The van der Waals surface area contributed by atoms with Crippen molar-refractivity contribution in [1.29, 1.82) is 0 Å². The highest BCUT2D eigenvalue weighted by Crippen LogP contribution is 2.14. The second-order valence-corrected chi connectivity index (χ2v) is 4.12. The minimum Gasteiger partial charge on any atom is -0.480 e. The van der Waals surface area contributed by atoms with Gasteiger partial charge in [-0.25, -0.2) is 4.79 Å². The number of unbranched alkanes of at least 4 members (excludes halogenated alkanes) is 1. The van der Waals surface area contributed by atoms with Crippen LogP contribution in [0.15, 0.2) is 0 Å². The molecule has 0 fully saturated rings. The molecule has 0 aromatic rings. The number of hydrogen-bond acceptors (Lipinski definition) is 4. The molecule has 6 nitrogen and oxygen atoms in total. The lowest BCUT2D eigenvalue weighted by atomic mass is 9.95. The Kier molecular flexibility index (Phi) is 6.23. The summed E-state index contributed by atoms with van der Waals surface area (Å²) >= 11 is 0. The Bertz CT molecular complexity index is 302. The fraction of sp³-hybridized carbons (Fsp3) is 0.727. The second-order valence-electron chi connectivity index (χ2n) is 4.12. The normalized spacial score (nSPS) is 13.6. The highest BCUT2D eigenvalue weighted by atomic mass is 16.5. The van der Waals surface area contributed by atoms with Gasteiger partial charge in [-0.3, -0.25) is 9.59 Å². The molecule has 0 saturated carbocycles. The molecule has 0 rings (SSSR count). The van der Waals surface area contributed by atoms with E-state index in [0.717, 1.165) is 0 Å². The van der Waals surface area contributed by atoms with E-state index in [1.54, 1.807) is 0 Å². The summed E-state index contributed by atoms with van der Waals surface area (Å²) in [6.07, 6.45) is 1.42. The summed E-state index contributed by atoms with van der Waals surface area (Å²) in [6, 6.07) is 0. The molecule has 1 amide bonds. The number of aliphatic carboxylic acids is 1. The zero-order valence-electron chi connectivity index (χ0n) is 10.4. The largest absolute Gasteiger partial charge is 0.480 e. The first kappa shape index (κ1) is 15.4. The number of carboxylic acid groups (broad SMARTS) is 1. The molecule has 0 saturated heterocycles. The minimum absolute atomic E-state index is 0.269. The van der Waals surface area contributed by atoms with E-state index in [-0.39, 0.29) is 18.5 Å². The van der Waals surface area contributed by atoms with Gasteiger partial charge in [-0.05, 0) is 26.2 Å². The van der Waals surface area contributed by atoms with Gasteiger partial charge >= 0.3 is 11.9 Å². The van der Waals surface area contributed by atoms with Gasteiger partial charge in [0.25, 0.3) is 0 Å². The molecule has 0 aliphatic carbocycles. The fourth-order valence-corrected chi connectivity index (χ4v) is 1.41. The van der Waals surface area contributed by atoms with Crippen molar-refractivity contribution in [1.82, 2.24) is 5.32 Å². The zero-order valence-corrected chi connectivity index (χ0v) is 10.4. The minimum atomic E-state index is -1.26. The first-order valence-corrected chi connectivity index (χ1v) is 5.43. The summed E-state index contributed by atoms with van der Waals surface area (Å²) in [6.45, 7) is 4.33. The highest BCUT2D eigenvalue weighted by Gasteiger charge is 2.33. The van der Waals surface area contributed by atoms with Crippen LogP contribution in [-0.4, -0.2) is 35.1 Å². The number of carbonyl (C=O) groups is 3. The first-order chi connectivity index (χ1) is 7.78. The molecule has 0 bridgehead atoms. The van der Waals surface area contributed by atoms with Gasteiger partial charge in [-0.2, -0.15) is 0 Å². The maximum absolute atomic E-state index is 11.0. The summed E-state index contributed by atoms with van der Waals surface area (Å²) in [5.41, 5.74) is -1.26. The average Bonchev–Trinajstić information content (AvgIpc) is 2.15. The molecule has 0 aromatic heterocycles. The molecular weight excluding hydrogens is 226 g/mol. The molecule has 0 aliphatic heterocycles. The lowest BCUT2D eigenvalue weighted by Gasteiger charge is -2.25. The molecule has 0 heterocycles. The molecule has 17 heavy (non-hydrogen) atoms. The number of rotatable bonds is 7. The van der Waals surface area contributed by atoms with E-state index < -0.39 is 11.5 Å². The molecule has 0 aromatic carbocycles. The molecule has 1 atom stereocenters. The Labute approximate surface area is 100 Å². The molecule has 0 spiro atoms. The highest BCUT2D eigenvalue weighted by molar-refractivity contribution is 5.85. The van der Waals surface area contributed by atoms with Gasteiger partial charge in [0, 0.05) is 13.8 Å². The third-order valence-corrected chi connectivity index (χ3v) is 2.30. The Hall–Kier alpha value is -1.59. The standard InChI is InChI=1S/C11H19NO5/c1-8(13)12-11(3,10(15)16)6-4-5-7-17-9(2)14/h4-7H2,1-3H3,(H,12,13)(H,15,16). The van der Waals surface area contributed by atoms with Crippen LogP contribution in [0.25, 0.3) is 0 Å². The molecule has 2 N–H and O–H groups in total. The molecular formula is C11H19NO5. The lowest BCUT2D eigenvalue weighted by molar-refractivity contribution is -0.147. The second kappa shape index (κ2) is 6.88. The van der Waals surface area contributed by atoms with Gasteiger partial charge in [0.15, 0.2) is 0 Å². The Morgan fingerprint density at radius 1 is 1.24 bits per heavy atom. The van der Waals surface area contributed by atoms with Gasteiger partial charge in [0.1, 0.15) is 5.54 Å². The SMILES string of the molecule is CC(=O)NC(C)(CCCCOC(C)=O)C(=O)O. The van der Waals surface area contributed by atoms with Crippen LogP contribution in [0.5, 0.6) is 0 Å². The van der Waals surface area contributed by atoms with Crippen molar-refractivity contribution in [2.24, 2.45) is 0 Å². The van der Waals surface area contributed by atoms with Crippen LogP contribution in [0.3, 0.4) is 0 Å². The fourth-order valence-electron chi connectivity index (χ4n) is 1.41. The van der Waals surface area contributed by atoms with Crippen molar-refractivity contribution in [3.8, 4) is 0 Å². The van der Waals surface area contributed by atoms with E-state index in [1.165, 1.54) is 20.8 Å². The third kappa shape index (κ3) is 6.55. The van der Waals surface area contributed by atoms with Crippen LogP contribution in [0, 0.1) is 0 Å². The number of amides is 1. The van der Waals surface area contributed by atoms with Crippen LogP contribution in [0.4, 0.5) is 0 Å². The van der Waals surface area contributed by atoms with Crippen LogP contribution in [0.1, 0.15) is 40.0 Å². The van der Waals surface area contributed by atoms with Crippen LogP contribution in [0.2, 0.25) is 0 Å². The van der Waals surface area contributed by atoms with E-state index in [1.807, 2.05) is 0 Å². The first-order valence-electron chi connectivity index (χ1n) is 5.43. The number of ether oxygens (including phenoxy) is 1. The van der Waals surface area contributed by atoms with Crippen LogP contribution < -0.4 is 5.32 Å². The van der Waals surface area contributed by atoms with Crippen molar-refractivity contribution in [3.63, 3.8) is 0 Å². The summed E-state index contributed by atoms with van der Waals surface area (Å²) < 4.78 is 4.72. The molecule has 6 heteroatoms. The van der Waals surface area contributed by atoms with Gasteiger partial charge in [0.2, 0.25) is 5.91 Å². The van der Waals surface area contributed by atoms with Gasteiger partial charge < -0.3 is 15.2 Å². The number of hydrogen-bond donors (Lipinski definition) is 2. The summed E-state index contributed by atoms with van der Waals surface area (Å²) in [4.78, 5) is 32.4. The number of carboxylic acids is 1. The number of carbonyl (C=O) groups excluding carboxylic acids is 2. The van der Waals surface area contributed by atoms with Crippen molar-refractivity contribution in [2.45, 2.75) is 45.6 Å². The monoisotopic (exact) mass is 245 g/mol. The van der Waals surface area contributed by atoms with E-state index in [4.69, 9.17) is 9.84 Å². The maximum atomic E-state index is 11.0.